The third kappa shape index (κ3) is 24.1. The molecule has 0 aliphatic heterocycles. The summed E-state index contributed by atoms with van der Waals surface area (Å²) in [5.74, 6) is 0. The van der Waals surface area contributed by atoms with Crippen molar-refractivity contribution in [1.82, 2.24) is 0 Å². The first kappa shape index (κ1) is 25.5. The van der Waals surface area contributed by atoms with Gasteiger partial charge in [-0.1, -0.05) is 0 Å². The second kappa shape index (κ2) is 10.8. The maximum atomic E-state index is 9.66. The Kier molecular flexibility index (Phi) is 23.0. The van der Waals surface area contributed by atoms with Crippen molar-refractivity contribution in [3.05, 3.63) is 0 Å². The summed E-state index contributed by atoms with van der Waals surface area (Å²) >= 11 is 0. The van der Waals surface area contributed by atoms with E-state index in [-0.39, 0.29) is 154 Å². The van der Waals surface area contributed by atoms with E-state index in [2.05, 4.69) is 3.63 Å². The van der Waals surface area contributed by atoms with E-state index in [1.807, 2.05) is 0 Å². The van der Waals surface area contributed by atoms with Gasteiger partial charge < -0.3 is 0 Å². The molecule has 0 saturated carbocycles. The monoisotopic (exact) mass is 297 g/mol. The summed E-state index contributed by atoms with van der Waals surface area (Å²) in [4.78, 5) is 0. The quantitative estimate of drug-likeness (QED) is 0.376. The van der Waals surface area contributed by atoms with Crippen LogP contribution in [0.4, 0.5) is 0 Å². The summed E-state index contributed by atoms with van der Waals surface area (Å²) in [6, 6.07) is 0. The molecule has 12 heteroatoms. The van der Waals surface area contributed by atoms with Crippen molar-refractivity contribution in [2.45, 2.75) is 0 Å². The van der Waals surface area contributed by atoms with Gasteiger partial charge in [0, 0.05) is 0 Å². The van der Waals surface area contributed by atoms with Crippen molar-refractivity contribution in [3.63, 3.8) is 0 Å². The summed E-state index contributed by atoms with van der Waals surface area (Å²) in [5, 5.41) is 0. The van der Waals surface area contributed by atoms with Crippen LogP contribution in [0.2, 0.25) is 0 Å². The molecule has 1 unspecified atom stereocenters. The predicted octanol–water partition coefficient (Wildman–Crippen LogP) is -2.70. The Morgan fingerprint density at radius 3 is 1.25 bits per heavy atom. The molecular formula is H6K3NO6S2. The molecule has 0 aromatic rings. The Morgan fingerprint density at radius 1 is 1.00 bits per heavy atom. The Bertz CT molecular complexity index is 246. The van der Waals surface area contributed by atoms with Crippen LogP contribution in [0.1, 0.15) is 0 Å². The van der Waals surface area contributed by atoms with Crippen LogP contribution in [0.15, 0.2) is 0 Å². The van der Waals surface area contributed by atoms with Gasteiger partial charge in [0.2, 0.25) is 0 Å². The third-order valence-corrected chi connectivity index (χ3v) is 1.60. The Labute approximate surface area is 198 Å². The molecule has 1 atom stereocenters. The molecule has 0 bridgehead atoms. The molecule has 0 amide bonds. The number of hydrogen-bond acceptors (Lipinski definition) is 5. The van der Waals surface area contributed by atoms with Gasteiger partial charge in [0.1, 0.15) is 0 Å². The van der Waals surface area contributed by atoms with Crippen LogP contribution in [0, 0.1) is 4.78 Å². The van der Waals surface area contributed by atoms with Gasteiger partial charge in [-0.3, -0.25) is 9.11 Å². The molecule has 7 nitrogen and oxygen atoms in total. The van der Waals surface area contributed by atoms with Crippen molar-refractivity contribution in [2.24, 2.45) is 0 Å². The molecule has 0 radical (unpaired) electrons. The van der Waals surface area contributed by atoms with Gasteiger partial charge in [-0.2, -0.15) is 12.6 Å². The van der Waals surface area contributed by atoms with Crippen LogP contribution in [-0.2, 0) is 24.3 Å². The Hall–Kier alpha value is 4.69. The van der Waals surface area contributed by atoms with Crippen molar-refractivity contribution >= 4 is 175 Å². The van der Waals surface area contributed by atoms with E-state index in [1.165, 1.54) is 0 Å². The average Bonchev–Trinajstić information content (AvgIpc) is 1.14. The first-order chi connectivity index (χ1) is 3.71. The maximum absolute atomic E-state index is 9.66. The van der Waals surface area contributed by atoms with E-state index < -0.39 is 20.7 Å². The van der Waals surface area contributed by atoms with E-state index in [0.717, 1.165) is 0 Å². The van der Waals surface area contributed by atoms with E-state index in [4.69, 9.17) is 13.9 Å². The van der Waals surface area contributed by atoms with Crippen molar-refractivity contribution in [2.75, 3.05) is 0 Å². The molecular weight excluding hydrogens is 291 g/mol. The third-order valence-electron chi connectivity index (χ3n) is 0.178. The van der Waals surface area contributed by atoms with Gasteiger partial charge in [-0.25, -0.2) is 4.78 Å². The van der Waals surface area contributed by atoms with Gasteiger partial charge in [0.15, 0.2) is 0 Å². The molecule has 0 rings (SSSR count). The molecule has 12 heavy (non-hydrogen) atoms. The Morgan fingerprint density at radius 2 is 1.25 bits per heavy atom. The molecule has 0 aromatic carbocycles. The van der Waals surface area contributed by atoms with Crippen LogP contribution in [0.3, 0.4) is 0 Å². The van der Waals surface area contributed by atoms with E-state index in [0.29, 0.717) is 0 Å². The minimum atomic E-state index is -4.99. The SMILES string of the molecule is N=S(=O)(O)OS(=O)(=O)O.[KH].[KH].[KH]. The summed E-state index contributed by atoms with van der Waals surface area (Å²) < 4.78 is 52.9. The van der Waals surface area contributed by atoms with Gasteiger partial charge in [0.05, 0.1) is 0 Å². The topological polar surface area (TPSA) is 125 Å². The molecule has 0 aliphatic rings. The average molecular weight is 297 g/mol. The van der Waals surface area contributed by atoms with Gasteiger partial charge in [0.25, 0.3) is 0 Å². The predicted molar refractivity (Wildman–Crippen MR) is 47.6 cm³/mol. The zero-order valence-corrected chi connectivity index (χ0v) is 5.48. The molecule has 0 spiro atoms. The molecule has 3 N–H and O–H groups in total. The van der Waals surface area contributed by atoms with E-state index in [1.54, 1.807) is 0 Å². The van der Waals surface area contributed by atoms with Gasteiger partial charge in [-0.05, 0) is 0 Å². The normalized spacial score (nSPS) is 14.2. The van der Waals surface area contributed by atoms with Crippen LogP contribution in [-0.4, -0.2) is 176 Å². The van der Waals surface area contributed by atoms with Crippen LogP contribution in [0.5, 0.6) is 0 Å². The first-order valence-corrected chi connectivity index (χ1v) is 4.21. The van der Waals surface area contributed by atoms with Crippen molar-refractivity contribution in [3.8, 4) is 0 Å². The van der Waals surface area contributed by atoms with E-state index in [9.17, 15) is 12.6 Å². The molecule has 0 aliphatic carbocycles. The standard InChI is InChI=1S/3K.H3NO6S2.3H/c;;;1-8(2,3)7-9(4,5)6;;;/h;;;(H2,1,2,3)(H,4,5,6);;;. The van der Waals surface area contributed by atoms with Crippen LogP contribution < -0.4 is 0 Å². The van der Waals surface area contributed by atoms with Crippen LogP contribution in [0.25, 0.3) is 0 Å². The number of nitrogens with one attached hydrogen (secondary N) is 1. The van der Waals surface area contributed by atoms with E-state index >= 15 is 0 Å². The summed E-state index contributed by atoms with van der Waals surface area (Å²) in [6.07, 6.45) is 0. The summed E-state index contributed by atoms with van der Waals surface area (Å²) in [5.41, 5.74) is 0. The van der Waals surface area contributed by atoms with Crippen molar-refractivity contribution < 1.29 is 25.4 Å². The Balaban J connectivity index is -0.000000107. The van der Waals surface area contributed by atoms with Gasteiger partial charge >= 0.3 is 175 Å². The van der Waals surface area contributed by atoms with Crippen LogP contribution >= 0.6 is 0 Å². The fraction of sp³-hybridized carbons (Fsp3) is 0. The number of hydrogen-bond donors (Lipinski definition) is 3. The molecule has 62 valence electrons. The molecule has 0 fully saturated rings. The zero-order valence-electron chi connectivity index (χ0n) is 3.84. The summed E-state index contributed by atoms with van der Waals surface area (Å²) in [7, 11) is -9.61. The second-order valence-electron chi connectivity index (χ2n) is 0.971. The molecule has 0 saturated heterocycles. The fourth-order valence-corrected chi connectivity index (χ4v) is 1.05. The minimum absolute atomic E-state index is 0. The van der Waals surface area contributed by atoms with Gasteiger partial charge in [-0.15, -0.1) is 3.63 Å². The molecule has 0 heterocycles. The zero-order chi connectivity index (χ0) is 7.71. The van der Waals surface area contributed by atoms with Crippen molar-refractivity contribution in [1.29, 1.82) is 4.78 Å². The first-order valence-electron chi connectivity index (χ1n) is 1.40. The fourth-order valence-electron chi connectivity index (χ4n) is 0.117. The summed E-state index contributed by atoms with van der Waals surface area (Å²) in [6.45, 7) is 0. The number of rotatable bonds is 2. The molecule has 0 aromatic heterocycles. The second-order valence-corrected chi connectivity index (χ2v) is 3.32.